The van der Waals surface area contributed by atoms with Gasteiger partial charge in [0.25, 0.3) is 0 Å². The fourth-order valence-electron chi connectivity index (χ4n) is 2.76. The van der Waals surface area contributed by atoms with Crippen LogP contribution in [0.3, 0.4) is 0 Å². The van der Waals surface area contributed by atoms with Gasteiger partial charge in [-0.05, 0) is 61.7 Å². The van der Waals surface area contributed by atoms with Crippen molar-refractivity contribution in [1.82, 2.24) is 9.80 Å². The Kier molecular flexibility index (Phi) is 6.09. The summed E-state index contributed by atoms with van der Waals surface area (Å²) < 4.78 is 15.7. The summed E-state index contributed by atoms with van der Waals surface area (Å²) >= 11 is 6.99. The van der Waals surface area contributed by atoms with Crippen LogP contribution in [0.1, 0.15) is 5.56 Å². The van der Waals surface area contributed by atoms with Gasteiger partial charge in [-0.3, -0.25) is 4.90 Å². The predicted octanol–water partition coefficient (Wildman–Crippen LogP) is 4.70. The molecule has 0 radical (unpaired) electrons. The lowest BCUT2D eigenvalue weighted by molar-refractivity contribution is 0.143. The first-order valence-corrected chi connectivity index (χ1v) is 9.58. The number of carbonyl (C=O) groups excluding carboxylic acids is 1. The minimum atomic E-state index is -0.421. The molecule has 3 rings (SSSR count). The SMILES string of the molecule is O=C(Nc1ccccc1F)N1CCN(Cc2ccc(Br)c(Br)c2)CC1. The third kappa shape index (κ3) is 4.80. The quantitative estimate of drug-likeness (QED) is 0.705. The molecule has 132 valence electrons. The maximum Gasteiger partial charge on any atom is 0.322 e. The van der Waals surface area contributed by atoms with E-state index in [1.165, 1.54) is 11.6 Å². The molecule has 4 nitrogen and oxygen atoms in total. The molecule has 25 heavy (non-hydrogen) atoms. The molecule has 1 fully saturated rings. The number of halogens is 3. The van der Waals surface area contributed by atoms with Crippen molar-refractivity contribution in [1.29, 1.82) is 0 Å². The van der Waals surface area contributed by atoms with E-state index in [9.17, 15) is 9.18 Å². The van der Waals surface area contributed by atoms with Crippen LogP contribution in [0.25, 0.3) is 0 Å². The lowest BCUT2D eigenvalue weighted by Gasteiger charge is -2.34. The van der Waals surface area contributed by atoms with E-state index in [0.717, 1.165) is 28.6 Å². The lowest BCUT2D eigenvalue weighted by atomic mass is 10.2. The van der Waals surface area contributed by atoms with Crippen LogP contribution < -0.4 is 5.32 Å². The normalized spacial score (nSPS) is 15.2. The van der Waals surface area contributed by atoms with E-state index in [4.69, 9.17) is 0 Å². The highest BCUT2D eigenvalue weighted by Gasteiger charge is 2.21. The number of rotatable bonds is 3. The number of urea groups is 1. The van der Waals surface area contributed by atoms with Gasteiger partial charge in [0.2, 0.25) is 0 Å². The average Bonchev–Trinajstić information content (AvgIpc) is 2.61. The monoisotopic (exact) mass is 469 g/mol. The smallest absolute Gasteiger partial charge is 0.322 e. The van der Waals surface area contributed by atoms with Crippen LogP contribution in [-0.2, 0) is 6.54 Å². The second-order valence-electron chi connectivity index (χ2n) is 5.92. The third-order valence-corrected chi connectivity index (χ3v) is 6.04. The molecule has 2 amide bonds. The van der Waals surface area contributed by atoms with Crippen molar-refractivity contribution in [2.24, 2.45) is 0 Å². The minimum Gasteiger partial charge on any atom is -0.322 e. The van der Waals surface area contributed by atoms with Crippen molar-refractivity contribution >= 4 is 43.6 Å². The molecule has 1 aliphatic heterocycles. The Bertz CT molecular complexity index is 764. The minimum absolute atomic E-state index is 0.217. The van der Waals surface area contributed by atoms with Gasteiger partial charge in [-0.2, -0.15) is 0 Å². The van der Waals surface area contributed by atoms with Crippen LogP contribution in [0, 0.1) is 5.82 Å². The Morgan fingerprint density at radius 3 is 2.44 bits per heavy atom. The first-order chi connectivity index (χ1) is 12.0. The van der Waals surface area contributed by atoms with Gasteiger partial charge >= 0.3 is 6.03 Å². The summed E-state index contributed by atoms with van der Waals surface area (Å²) in [6.07, 6.45) is 0. The Morgan fingerprint density at radius 2 is 1.76 bits per heavy atom. The third-order valence-electron chi connectivity index (χ3n) is 4.17. The summed E-state index contributed by atoms with van der Waals surface area (Å²) in [5, 5.41) is 2.64. The average molecular weight is 471 g/mol. The largest absolute Gasteiger partial charge is 0.322 e. The van der Waals surface area contributed by atoms with Gasteiger partial charge in [0, 0.05) is 41.7 Å². The van der Waals surface area contributed by atoms with Crippen LogP contribution >= 0.6 is 31.9 Å². The number of hydrogen-bond acceptors (Lipinski definition) is 2. The Labute approximate surface area is 163 Å². The number of nitrogens with one attached hydrogen (secondary N) is 1. The van der Waals surface area contributed by atoms with E-state index < -0.39 is 5.82 Å². The molecule has 7 heteroatoms. The van der Waals surface area contributed by atoms with Gasteiger partial charge in [-0.1, -0.05) is 18.2 Å². The molecule has 0 bridgehead atoms. The highest BCUT2D eigenvalue weighted by molar-refractivity contribution is 9.13. The molecule has 2 aromatic rings. The molecule has 1 saturated heterocycles. The molecule has 0 aromatic heterocycles. The molecule has 0 aliphatic carbocycles. The van der Waals surface area contributed by atoms with E-state index in [1.807, 2.05) is 6.07 Å². The van der Waals surface area contributed by atoms with Gasteiger partial charge in [-0.25, -0.2) is 9.18 Å². The number of carbonyl (C=O) groups is 1. The number of amides is 2. The number of nitrogens with zero attached hydrogens (tertiary/aromatic N) is 2. The fourth-order valence-corrected chi connectivity index (χ4v) is 3.43. The summed E-state index contributed by atoms with van der Waals surface area (Å²) in [4.78, 5) is 16.3. The maximum absolute atomic E-state index is 13.6. The van der Waals surface area contributed by atoms with Crippen molar-refractivity contribution in [2.75, 3.05) is 31.5 Å². The van der Waals surface area contributed by atoms with Crippen LogP contribution in [0.5, 0.6) is 0 Å². The zero-order chi connectivity index (χ0) is 17.8. The lowest BCUT2D eigenvalue weighted by Crippen LogP contribution is -2.49. The predicted molar refractivity (Wildman–Crippen MR) is 104 cm³/mol. The molecule has 0 saturated carbocycles. The first-order valence-electron chi connectivity index (χ1n) is 7.99. The van der Waals surface area contributed by atoms with E-state index >= 15 is 0 Å². The molecule has 1 heterocycles. The van der Waals surface area contributed by atoms with Crippen LogP contribution in [0.4, 0.5) is 14.9 Å². The van der Waals surface area contributed by atoms with Gasteiger partial charge < -0.3 is 10.2 Å². The first kappa shape index (κ1) is 18.4. The second-order valence-corrected chi connectivity index (χ2v) is 7.63. The van der Waals surface area contributed by atoms with Crippen molar-refractivity contribution in [2.45, 2.75) is 6.54 Å². The second kappa shape index (κ2) is 8.29. The van der Waals surface area contributed by atoms with E-state index in [0.29, 0.717) is 13.1 Å². The number of anilines is 1. The zero-order valence-electron chi connectivity index (χ0n) is 13.5. The number of hydrogen-bond donors (Lipinski definition) is 1. The van der Waals surface area contributed by atoms with Gasteiger partial charge in [-0.15, -0.1) is 0 Å². The van der Waals surface area contributed by atoms with Crippen molar-refractivity contribution in [3.05, 3.63) is 62.8 Å². The van der Waals surface area contributed by atoms with E-state index in [1.54, 1.807) is 23.1 Å². The fraction of sp³-hybridized carbons (Fsp3) is 0.278. The maximum atomic E-state index is 13.6. The number of para-hydroxylation sites is 1. The summed E-state index contributed by atoms with van der Waals surface area (Å²) in [6.45, 7) is 3.67. The molecule has 1 N–H and O–H groups in total. The van der Waals surface area contributed by atoms with Crippen molar-refractivity contribution in [3.8, 4) is 0 Å². The Balaban J connectivity index is 1.52. The highest BCUT2D eigenvalue weighted by Crippen LogP contribution is 2.24. The van der Waals surface area contributed by atoms with Crippen LogP contribution in [-0.4, -0.2) is 42.0 Å². The molecule has 0 spiro atoms. The molecule has 1 aliphatic rings. The van der Waals surface area contributed by atoms with Gasteiger partial charge in [0.1, 0.15) is 5.82 Å². The van der Waals surface area contributed by atoms with Gasteiger partial charge in [0.15, 0.2) is 0 Å². The molecule has 0 atom stereocenters. The standard InChI is InChI=1S/C18H18Br2FN3O/c19-14-6-5-13(11-15(14)20)12-23-7-9-24(10-8-23)18(25)22-17-4-2-1-3-16(17)21/h1-6,11H,7-10,12H2,(H,22,25). The van der Waals surface area contributed by atoms with E-state index in [2.05, 4.69) is 54.2 Å². The van der Waals surface area contributed by atoms with E-state index in [-0.39, 0.29) is 11.7 Å². The Hall–Kier alpha value is -1.44. The van der Waals surface area contributed by atoms with Crippen molar-refractivity contribution in [3.63, 3.8) is 0 Å². The van der Waals surface area contributed by atoms with Crippen LogP contribution in [0.15, 0.2) is 51.4 Å². The number of piperazine rings is 1. The summed E-state index contributed by atoms with van der Waals surface area (Å²) in [6, 6.07) is 12.2. The summed E-state index contributed by atoms with van der Waals surface area (Å²) in [5.74, 6) is -0.421. The van der Waals surface area contributed by atoms with Gasteiger partial charge in [0.05, 0.1) is 5.69 Å². The molecule has 0 unspecified atom stereocenters. The van der Waals surface area contributed by atoms with Crippen molar-refractivity contribution < 1.29 is 9.18 Å². The molecule has 2 aromatic carbocycles. The summed E-state index contributed by atoms with van der Waals surface area (Å²) in [5.41, 5.74) is 1.44. The summed E-state index contributed by atoms with van der Waals surface area (Å²) in [7, 11) is 0. The molecular formula is C18H18Br2FN3O. The zero-order valence-corrected chi connectivity index (χ0v) is 16.7. The topological polar surface area (TPSA) is 35.6 Å². The number of benzene rings is 2. The van der Waals surface area contributed by atoms with Crippen LogP contribution in [0.2, 0.25) is 0 Å². The molecular weight excluding hydrogens is 453 g/mol. The highest BCUT2D eigenvalue weighted by atomic mass is 79.9. The Morgan fingerprint density at radius 1 is 1.04 bits per heavy atom.